The summed E-state index contributed by atoms with van der Waals surface area (Å²) in [5.74, 6) is 0.186. The molecule has 0 bridgehead atoms. The molecule has 150 valence electrons. The van der Waals surface area contributed by atoms with Crippen molar-refractivity contribution in [2.45, 2.75) is 11.1 Å². The number of anilines is 3. The van der Waals surface area contributed by atoms with Gasteiger partial charge in [0.05, 0.1) is 28.6 Å². The van der Waals surface area contributed by atoms with Gasteiger partial charge in [0.15, 0.2) is 9.84 Å². The zero-order chi connectivity index (χ0) is 20.7. The summed E-state index contributed by atoms with van der Waals surface area (Å²) < 4.78 is 68.0. The molecule has 0 spiro atoms. The van der Waals surface area contributed by atoms with E-state index in [4.69, 9.17) is 4.74 Å². The van der Waals surface area contributed by atoms with Crippen LogP contribution >= 0.6 is 0 Å². The van der Waals surface area contributed by atoms with Crippen molar-refractivity contribution in [2.75, 3.05) is 31.0 Å². The van der Waals surface area contributed by atoms with Crippen LogP contribution in [0.3, 0.4) is 0 Å². The summed E-state index contributed by atoms with van der Waals surface area (Å²) in [6.07, 6.45) is -2.67. The molecule has 1 aromatic carbocycles. The Hall–Kier alpha value is -3.02. The number of H-pyrrole nitrogens is 1. The van der Waals surface area contributed by atoms with Crippen LogP contribution in [0.1, 0.15) is 5.56 Å². The molecule has 0 radical (unpaired) electrons. The normalized spacial score (nSPS) is 12.2. The van der Waals surface area contributed by atoms with Crippen LogP contribution in [-0.4, -0.2) is 43.8 Å². The molecule has 0 aliphatic carbocycles. The molecule has 0 amide bonds. The van der Waals surface area contributed by atoms with Crippen molar-refractivity contribution in [1.29, 1.82) is 0 Å². The minimum Gasteiger partial charge on any atom is -0.495 e. The highest BCUT2D eigenvalue weighted by atomic mass is 32.2. The van der Waals surface area contributed by atoms with Crippen molar-refractivity contribution in [1.82, 2.24) is 15.0 Å². The van der Waals surface area contributed by atoms with Crippen LogP contribution in [0.5, 0.6) is 5.75 Å². The number of sulfone groups is 1. The van der Waals surface area contributed by atoms with Crippen molar-refractivity contribution in [3.05, 3.63) is 30.0 Å². The molecule has 3 rings (SSSR count). The van der Waals surface area contributed by atoms with E-state index in [1.54, 1.807) is 0 Å². The zero-order valence-electron chi connectivity index (χ0n) is 15.0. The smallest absolute Gasteiger partial charge is 0.418 e. The first-order valence-electron chi connectivity index (χ1n) is 7.83. The molecule has 0 fully saturated rings. The Balaban J connectivity index is 2.06. The van der Waals surface area contributed by atoms with Crippen LogP contribution in [0.15, 0.2) is 29.3 Å². The first-order chi connectivity index (χ1) is 13.0. The first-order valence-corrected chi connectivity index (χ1v) is 9.73. The van der Waals surface area contributed by atoms with E-state index in [0.29, 0.717) is 5.69 Å². The number of hydrogen-bond donors (Lipinski definition) is 3. The highest BCUT2D eigenvalue weighted by molar-refractivity contribution is 7.90. The van der Waals surface area contributed by atoms with Crippen molar-refractivity contribution in [3.8, 4) is 5.75 Å². The lowest BCUT2D eigenvalue weighted by atomic mass is 10.2. The third-order valence-corrected chi connectivity index (χ3v) is 5.03. The van der Waals surface area contributed by atoms with Crippen LogP contribution in [0, 0.1) is 0 Å². The summed E-state index contributed by atoms with van der Waals surface area (Å²) in [7, 11) is -0.634. The van der Waals surface area contributed by atoms with E-state index in [0.717, 1.165) is 12.5 Å². The molecule has 2 heterocycles. The Morgan fingerprint density at radius 1 is 1.21 bits per heavy atom. The van der Waals surface area contributed by atoms with E-state index in [-0.39, 0.29) is 33.4 Å². The molecule has 0 saturated heterocycles. The molecular formula is C16H16F3N5O3S. The van der Waals surface area contributed by atoms with E-state index in [9.17, 15) is 21.6 Å². The lowest BCUT2D eigenvalue weighted by molar-refractivity contribution is -0.136. The predicted octanol–water partition coefficient (Wildman–Crippen LogP) is 3.17. The summed E-state index contributed by atoms with van der Waals surface area (Å²) in [4.78, 5) is 10.7. The minimum atomic E-state index is -4.56. The predicted molar refractivity (Wildman–Crippen MR) is 97.8 cm³/mol. The average Bonchev–Trinajstić information content (AvgIpc) is 3.04. The number of halogens is 3. The molecule has 3 aromatic rings. The number of nitrogens with zero attached hydrogens (tertiary/aromatic N) is 2. The van der Waals surface area contributed by atoms with Gasteiger partial charge in [-0.15, -0.1) is 0 Å². The molecule has 12 heteroatoms. The summed E-state index contributed by atoms with van der Waals surface area (Å²) in [6, 6.07) is 4.15. The third-order valence-electron chi connectivity index (χ3n) is 3.92. The van der Waals surface area contributed by atoms with Crippen LogP contribution < -0.4 is 15.4 Å². The summed E-state index contributed by atoms with van der Waals surface area (Å²) in [5.41, 5.74) is -0.548. The second kappa shape index (κ2) is 6.86. The van der Waals surface area contributed by atoms with Gasteiger partial charge in [-0.2, -0.15) is 23.1 Å². The van der Waals surface area contributed by atoms with Gasteiger partial charge in [-0.05, 0) is 12.1 Å². The number of hydrogen-bond acceptors (Lipinski definition) is 7. The van der Waals surface area contributed by atoms with Gasteiger partial charge in [-0.3, -0.25) is 0 Å². The molecule has 8 nitrogen and oxygen atoms in total. The number of fused-ring (bicyclic) bond motifs is 1. The van der Waals surface area contributed by atoms with Crippen LogP contribution in [0.4, 0.5) is 30.6 Å². The van der Waals surface area contributed by atoms with Crippen molar-refractivity contribution < 1.29 is 26.3 Å². The van der Waals surface area contributed by atoms with Gasteiger partial charge in [0.25, 0.3) is 0 Å². The van der Waals surface area contributed by atoms with E-state index in [2.05, 4.69) is 25.6 Å². The number of aromatic amines is 1. The Kier molecular flexibility index (Phi) is 4.83. The van der Waals surface area contributed by atoms with Crippen LogP contribution in [0.25, 0.3) is 11.0 Å². The quantitative estimate of drug-likeness (QED) is 0.587. The summed E-state index contributed by atoms with van der Waals surface area (Å²) in [6.45, 7) is 0. The highest BCUT2D eigenvalue weighted by Crippen LogP contribution is 2.38. The van der Waals surface area contributed by atoms with Crippen molar-refractivity contribution >= 4 is 38.3 Å². The van der Waals surface area contributed by atoms with Gasteiger partial charge in [-0.1, -0.05) is 0 Å². The standard InChI is InChI=1S/C16H16F3N5O3S/c1-20-13-12-9(16(17,18)19)7-21-14(12)24-15(23-13)22-10-5-4-8(28(3,25)26)6-11(10)27-2/h4-7H,1-3H3,(H3,20,21,22,23,24). The third kappa shape index (κ3) is 3.67. The molecule has 2 aromatic heterocycles. The Labute approximate surface area is 158 Å². The zero-order valence-corrected chi connectivity index (χ0v) is 15.8. The lowest BCUT2D eigenvalue weighted by Gasteiger charge is -2.13. The van der Waals surface area contributed by atoms with Crippen LogP contribution in [0.2, 0.25) is 0 Å². The van der Waals surface area contributed by atoms with Crippen molar-refractivity contribution in [3.63, 3.8) is 0 Å². The van der Waals surface area contributed by atoms with Crippen LogP contribution in [-0.2, 0) is 16.0 Å². The molecule has 0 atom stereocenters. The van der Waals surface area contributed by atoms with Gasteiger partial charge < -0.3 is 20.4 Å². The fraction of sp³-hybridized carbons (Fsp3) is 0.250. The van der Waals surface area contributed by atoms with Gasteiger partial charge in [0.2, 0.25) is 5.95 Å². The maximum Gasteiger partial charge on any atom is 0.418 e. The van der Waals surface area contributed by atoms with Gasteiger partial charge in [0.1, 0.15) is 17.2 Å². The molecule has 0 aliphatic heterocycles. The average molecular weight is 415 g/mol. The minimum absolute atomic E-state index is 0.00201. The van der Waals surface area contributed by atoms with E-state index in [1.807, 2.05) is 0 Å². The number of nitrogens with one attached hydrogen (secondary N) is 3. The maximum atomic E-state index is 13.2. The van der Waals surface area contributed by atoms with Crippen molar-refractivity contribution in [2.24, 2.45) is 0 Å². The first kappa shape index (κ1) is 19.7. The molecule has 0 aliphatic rings. The fourth-order valence-corrected chi connectivity index (χ4v) is 3.26. The summed E-state index contributed by atoms with van der Waals surface area (Å²) in [5, 5.41) is 5.28. The fourth-order valence-electron chi connectivity index (χ4n) is 2.62. The molecule has 0 unspecified atom stereocenters. The number of methoxy groups -OCH3 is 1. The van der Waals surface area contributed by atoms with Gasteiger partial charge in [-0.25, -0.2) is 8.42 Å². The largest absolute Gasteiger partial charge is 0.495 e. The van der Waals surface area contributed by atoms with Gasteiger partial charge in [0, 0.05) is 25.6 Å². The van der Waals surface area contributed by atoms with Gasteiger partial charge >= 0.3 is 6.18 Å². The Morgan fingerprint density at radius 3 is 2.50 bits per heavy atom. The van der Waals surface area contributed by atoms with E-state index in [1.165, 1.54) is 32.4 Å². The SMILES string of the molecule is CNc1nc(Nc2ccc(S(C)(=O)=O)cc2OC)nc2[nH]cc(C(F)(F)F)c12. The monoisotopic (exact) mass is 415 g/mol. The molecular weight excluding hydrogens is 399 g/mol. The topological polar surface area (TPSA) is 109 Å². The summed E-state index contributed by atoms with van der Waals surface area (Å²) >= 11 is 0. The second-order valence-electron chi connectivity index (χ2n) is 5.83. The molecule has 3 N–H and O–H groups in total. The Morgan fingerprint density at radius 2 is 1.93 bits per heavy atom. The maximum absolute atomic E-state index is 13.2. The Bertz CT molecular complexity index is 1140. The second-order valence-corrected chi connectivity index (χ2v) is 7.84. The number of aromatic nitrogens is 3. The number of ether oxygens (including phenoxy) is 1. The molecule has 28 heavy (non-hydrogen) atoms. The van der Waals surface area contributed by atoms with E-state index >= 15 is 0 Å². The van der Waals surface area contributed by atoms with E-state index < -0.39 is 21.6 Å². The number of benzene rings is 1. The number of alkyl halides is 3. The highest BCUT2D eigenvalue weighted by Gasteiger charge is 2.35. The molecule has 0 saturated carbocycles. The lowest BCUT2D eigenvalue weighted by Crippen LogP contribution is -2.07. The number of rotatable bonds is 5.